The molecule has 0 unspecified atom stereocenters. The Morgan fingerprint density at radius 1 is 1.10 bits per heavy atom. The number of aliphatic imine (C=N–C) groups is 1. The highest BCUT2D eigenvalue weighted by Gasteiger charge is 2.32. The third-order valence-corrected chi connectivity index (χ3v) is 6.89. The predicted octanol–water partition coefficient (Wildman–Crippen LogP) is 6.17. The van der Waals surface area contributed by atoms with Crippen molar-refractivity contribution in [3.63, 3.8) is 0 Å². The van der Waals surface area contributed by atoms with Crippen LogP contribution in [0.4, 0.5) is 28.4 Å². The van der Waals surface area contributed by atoms with Gasteiger partial charge in [0.15, 0.2) is 5.82 Å². The number of aromatic nitrogens is 3. The number of rotatable bonds is 7. The number of carbonyl (C=O) groups is 2. The molecule has 1 N–H and O–H groups in total. The number of aryl methyl sites for hydroxylation is 1. The number of amidine groups is 1. The number of ether oxygens (including phenoxy) is 1. The Hall–Kier alpha value is -4.65. The predicted molar refractivity (Wildman–Crippen MR) is 150 cm³/mol. The highest BCUT2D eigenvalue weighted by atomic mass is 32.2. The average Bonchev–Trinajstić information content (AvgIpc) is 3.56. The summed E-state index contributed by atoms with van der Waals surface area (Å²) in [5.74, 6) is 0.802. The molecule has 41 heavy (non-hydrogen) atoms. The lowest BCUT2D eigenvalue weighted by Crippen LogP contribution is -2.32. The summed E-state index contributed by atoms with van der Waals surface area (Å²) in [6.07, 6.45) is -2.78. The number of hydrogen-bond donors (Lipinski definition) is 1. The number of para-hydroxylation sites is 1. The number of anilines is 1. The van der Waals surface area contributed by atoms with Gasteiger partial charge in [-0.2, -0.15) is 4.99 Å². The number of hydrogen-bond acceptors (Lipinski definition) is 6. The number of nitrogens with zero attached hydrogens (tertiary/aromatic N) is 5. The zero-order valence-corrected chi connectivity index (χ0v) is 22.4. The molecule has 0 saturated carbocycles. The molecule has 0 aliphatic carbocycles. The maximum atomic E-state index is 12.5. The maximum Gasteiger partial charge on any atom is 0.573 e. The molecule has 1 fully saturated rings. The molecule has 0 atom stereocenters. The van der Waals surface area contributed by atoms with E-state index in [1.54, 1.807) is 0 Å². The minimum absolute atomic E-state index is 0.175. The number of urea groups is 1. The first-order chi connectivity index (χ1) is 19.7. The van der Waals surface area contributed by atoms with Crippen LogP contribution in [-0.4, -0.2) is 50.5 Å². The number of thioether (sulfide) groups is 1. The van der Waals surface area contributed by atoms with Gasteiger partial charge in [-0.15, -0.1) is 18.3 Å². The number of carbonyl (C=O) groups excluding carboxylic acids is 2. The van der Waals surface area contributed by atoms with Crippen molar-refractivity contribution in [2.24, 2.45) is 4.99 Å². The van der Waals surface area contributed by atoms with Crippen LogP contribution in [0.5, 0.6) is 5.75 Å². The van der Waals surface area contributed by atoms with Crippen molar-refractivity contribution >= 4 is 34.6 Å². The van der Waals surface area contributed by atoms with E-state index in [0.717, 1.165) is 28.5 Å². The average molecular weight is 581 g/mol. The summed E-state index contributed by atoms with van der Waals surface area (Å²) in [5, 5.41) is 7.03. The topological polar surface area (TPSA) is 102 Å². The van der Waals surface area contributed by atoms with Crippen LogP contribution in [-0.2, 0) is 6.42 Å². The van der Waals surface area contributed by atoms with Crippen molar-refractivity contribution in [2.45, 2.75) is 19.7 Å². The van der Waals surface area contributed by atoms with E-state index in [-0.39, 0.29) is 11.0 Å². The first-order valence-electron chi connectivity index (χ1n) is 12.4. The number of benzene rings is 3. The smallest absolute Gasteiger partial charge is 0.406 e. The highest BCUT2D eigenvalue weighted by molar-refractivity contribution is 8.15. The van der Waals surface area contributed by atoms with E-state index < -0.39 is 12.4 Å². The normalized spacial score (nSPS) is 14.5. The first kappa shape index (κ1) is 27.9. The van der Waals surface area contributed by atoms with Crippen LogP contribution in [0.3, 0.4) is 0 Å². The molecule has 2 heterocycles. The van der Waals surface area contributed by atoms with Gasteiger partial charge in [-0.05, 0) is 60.9 Å². The maximum absolute atomic E-state index is 12.5. The second kappa shape index (κ2) is 11.8. The van der Waals surface area contributed by atoms with Crippen molar-refractivity contribution in [1.29, 1.82) is 0 Å². The van der Waals surface area contributed by atoms with Crippen molar-refractivity contribution in [1.82, 2.24) is 20.1 Å². The zero-order valence-electron chi connectivity index (χ0n) is 21.6. The van der Waals surface area contributed by atoms with E-state index in [2.05, 4.69) is 25.1 Å². The highest BCUT2D eigenvalue weighted by Crippen LogP contribution is 2.29. The Morgan fingerprint density at radius 3 is 2.63 bits per heavy atom. The largest absolute Gasteiger partial charge is 0.573 e. The molecule has 3 aromatic carbocycles. The molecule has 0 spiro atoms. The fourth-order valence-corrected chi connectivity index (χ4v) is 4.93. The summed E-state index contributed by atoms with van der Waals surface area (Å²) in [5.41, 5.74) is 3.79. The standard InChI is InChI=1S/C28H23F3N6O3S/c1-18-5-2-3-8-23(18)37-24(16-41-27(37)39)34-26(38)32-14-13-19-6-4-7-20(15-19)25-33-17-36(35-25)21-9-11-22(12-10-21)40-28(29,30)31/h2-12,15,17H,13-14,16H2,1H3,(H,32,38)/b34-24+. The molecule has 9 nitrogen and oxygen atoms in total. The van der Waals surface area contributed by atoms with Crippen molar-refractivity contribution in [2.75, 3.05) is 17.2 Å². The van der Waals surface area contributed by atoms with Crippen molar-refractivity contribution in [3.8, 4) is 22.8 Å². The van der Waals surface area contributed by atoms with Gasteiger partial charge in [-0.25, -0.2) is 14.5 Å². The second-order valence-corrected chi connectivity index (χ2v) is 9.87. The van der Waals surface area contributed by atoms with Crippen LogP contribution in [0, 0.1) is 6.92 Å². The Balaban J connectivity index is 1.19. The van der Waals surface area contributed by atoms with Crippen LogP contribution < -0.4 is 15.0 Å². The summed E-state index contributed by atoms with van der Waals surface area (Å²) in [6, 6.07) is 19.7. The van der Waals surface area contributed by atoms with Gasteiger partial charge in [-0.3, -0.25) is 9.69 Å². The zero-order chi connectivity index (χ0) is 29.0. The SMILES string of the molecule is Cc1ccccc1N1C(=O)SC/C1=N\C(=O)NCCc1cccc(-c2ncn(-c3ccc(OC(F)(F)F)cc3)n2)c1. The van der Waals surface area contributed by atoms with Crippen molar-refractivity contribution < 1.29 is 27.5 Å². The molecular weight excluding hydrogens is 557 g/mol. The summed E-state index contributed by atoms with van der Waals surface area (Å²) in [4.78, 5) is 34.9. The van der Waals surface area contributed by atoms with Crippen LogP contribution in [0.1, 0.15) is 11.1 Å². The second-order valence-electron chi connectivity index (χ2n) is 8.94. The lowest BCUT2D eigenvalue weighted by atomic mass is 10.1. The summed E-state index contributed by atoms with van der Waals surface area (Å²) >= 11 is 1.10. The molecule has 1 aliphatic rings. The van der Waals surface area contributed by atoms with Gasteiger partial charge >= 0.3 is 12.4 Å². The molecule has 0 bridgehead atoms. The number of alkyl halides is 3. The van der Waals surface area contributed by atoms with Gasteiger partial charge in [0.25, 0.3) is 5.24 Å². The lowest BCUT2D eigenvalue weighted by molar-refractivity contribution is -0.274. The van der Waals surface area contributed by atoms with Gasteiger partial charge in [0.1, 0.15) is 17.9 Å². The summed E-state index contributed by atoms with van der Waals surface area (Å²) in [6.45, 7) is 2.21. The summed E-state index contributed by atoms with van der Waals surface area (Å²) in [7, 11) is 0. The molecule has 5 rings (SSSR count). The summed E-state index contributed by atoms with van der Waals surface area (Å²) < 4.78 is 42.5. The van der Waals surface area contributed by atoms with E-state index in [1.807, 2.05) is 55.5 Å². The molecule has 210 valence electrons. The first-order valence-corrected chi connectivity index (χ1v) is 13.4. The van der Waals surface area contributed by atoms with Crippen LogP contribution in [0.25, 0.3) is 17.1 Å². The fourth-order valence-electron chi connectivity index (χ4n) is 4.15. The monoisotopic (exact) mass is 580 g/mol. The van der Waals surface area contributed by atoms with E-state index in [1.165, 1.54) is 40.2 Å². The van der Waals surface area contributed by atoms with E-state index >= 15 is 0 Å². The fraction of sp³-hybridized carbons (Fsp3) is 0.179. The molecule has 1 aliphatic heterocycles. The molecule has 13 heteroatoms. The van der Waals surface area contributed by atoms with Crippen LogP contribution >= 0.6 is 11.8 Å². The van der Waals surface area contributed by atoms with Gasteiger partial charge < -0.3 is 10.1 Å². The van der Waals surface area contributed by atoms with Crippen molar-refractivity contribution in [3.05, 3.63) is 90.3 Å². The van der Waals surface area contributed by atoms with E-state index in [9.17, 15) is 22.8 Å². The van der Waals surface area contributed by atoms with E-state index in [4.69, 9.17) is 0 Å². The van der Waals surface area contributed by atoms with Crippen LogP contribution in [0.2, 0.25) is 0 Å². The Labute approximate surface area is 237 Å². The number of halogens is 3. The third kappa shape index (κ3) is 6.92. The molecule has 4 aromatic rings. The molecule has 1 saturated heterocycles. The van der Waals surface area contributed by atoms with E-state index in [0.29, 0.717) is 41.8 Å². The number of nitrogens with one attached hydrogen (secondary N) is 1. The van der Waals surface area contributed by atoms with Gasteiger partial charge in [0.05, 0.1) is 17.1 Å². The van der Waals surface area contributed by atoms with Gasteiger partial charge in [-0.1, -0.05) is 48.2 Å². The minimum Gasteiger partial charge on any atom is -0.406 e. The minimum atomic E-state index is -4.76. The molecule has 3 amide bonds. The Morgan fingerprint density at radius 2 is 1.88 bits per heavy atom. The Bertz CT molecular complexity index is 1600. The lowest BCUT2D eigenvalue weighted by Gasteiger charge is -2.18. The Kier molecular flexibility index (Phi) is 8.06. The quantitative estimate of drug-likeness (QED) is 0.281. The molecular formula is C28H23F3N6O3S. The molecule has 1 aromatic heterocycles. The van der Waals surface area contributed by atoms with Gasteiger partial charge in [0.2, 0.25) is 0 Å². The van der Waals surface area contributed by atoms with Gasteiger partial charge in [0, 0.05) is 12.1 Å². The number of amides is 3. The van der Waals surface area contributed by atoms with Crippen LogP contribution in [0.15, 0.2) is 84.1 Å². The molecule has 0 radical (unpaired) electrons. The third-order valence-electron chi connectivity index (χ3n) is 6.05.